The summed E-state index contributed by atoms with van der Waals surface area (Å²) in [6.07, 6.45) is 5.25. The zero-order valence-corrected chi connectivity index (χ0v) is 17.7. The van der Waals surface area contributed by atoms with Crippen molar-refractivity contribution >= 4 is 13.3 Å². The van der Waals surface area contributed by atoms with Crippen LogP contribution < -0.4 is 15.2 Å². The Labute approximate surface area is 177 Å². The minimum Gasteiger partial charge on any atom is -0.493 e. The highest BCUT2D eigenvalue weighted by Gasteiger charge is 2.25. The average Bonchev–Trinajstić information content (AvgIpc) is 2.73. The first-order valence-corrected chi connectivity index (χ1v) is 10.1. The largest absolute Gasteiger partial charge is 0.493 e. The molecule has 1 unspecified atom stereocenters. The third-order valence-electron chi connectivity index (χ3n) is 5.43. The van der Waals surface area contributed by atoms with E-state index in [1.54, 1.807) is 13.2 Å². The molecule has 10 heteroatoms. The molecule has 0 spiro atoms. The molecule has 0 bridgehead atoms. The number of rotatable bonds is 10. The van der Waals surface area contributed by atoms with Crippen molar-refractivity contribution < 1.29 is 33.5 Å². The molecule has 30 heavy (non-hydrogen) atoms. The van der Waals surface area contributed by atoms with Crippen LogP contribution in [0.2, 0.25) is 6.32 Å². The molecule has 1 aliphatic rings. The number of hydrogen-bond acceptors (Lipinski definition) is 8. The van der Waals surface area contributed by atoms with Crippen molar-refractivity contribution in [2.45, 2.75) is 51.0 Å². The fourth-order valence-electron chi connectivity index (χ4n) is 3.74. The van der Waals surface area contributed by atoms with Gasteiger partial charge in [-0.2, -0.15) is 9.59 Å². The quantitative estimate of drug-likeness (QED) is 0.380. The number of hydrogen-bond donors (Lipinski definition) is 3. The van der Waals surface area contributed by atoms with E-state index < -0.39 is 7.12 Å². The number of methoxy groups -OCH3 is 2. The number of unbranched alkanes of at least 4 members (excludes halogenated alkanes) is 1. The van der Waals surface area contributed by atoms with Crippen LogP contribution >= 0.6 is 0 Å². The van der Waals surface area contributed by atoms with Crippen molar-refractivity contribution in [2.75, 3.05) is 27.3 Å². The summed E-state index contributed by atoms with van der Waals surface area (Å²) < 4.78 is 24.7. The van der Waals surface area contributed by atoms with E-state index in [4.69, 9.17) is 34.8 Å². The fourth-order valence-corrected chi connectivity index (χ4v) is 3.74. The van der Waals surface area contributed by atoms with Gasteiger partial charge in [-0.15, -0.1) is 0 Å². The topological polar surface area (TPSA) is 122 Å². The molecule has 0 aromatic heterocycles. The van der Waals surface area contributed by atoms with E-state index in [1.807, 2.05) is 0 Å². The number of nitrogens with two attached hydrogens (primary N) is 1. The molecule has 1 aromatic rings. The highest BCUT2D eigenvalue weighted by Crippen LogP contribution is 2.31. The Morgan fingerprint density at radius 3 is 2.30 bits per heavy atom. The van der Waals surface area contributed by atoms with Gasteiger partial charge in [0.2, 0.25) is 0 Å². The highest BCUT2D eigenvalue weighted by molar-refractivity contribution is 6.40. The van der Waals surface area contributed by atoms with Crippen LogP contribution in [0, 0.1) is 11.7 Å². The first-order chi connectivity index (χ1) is 14.4. The average molecular weight is 426 g/mol. The van der Waals surface area contributed by atoms with Gasteiger partial charge in [-0.05, 0) is 50.7 Å². The molecule has 168 valence electrons. The van der Waals surface area contributed by atoms with Gasteiger partial charge in [0.15, 0.2) is 11.5 Å². The fraction of sp³-hybridized carbons (Fsp3) is 0.650. The SMILES string of the molecule is COc1cc(F)c(CN2CCC(C(N)CCCCB(O)O)CC2)cc1OC.O=C=O. The Morgan fingerprint density at radius 2 is 1.77 bits per heavy atom. The maximum atomic E-state index is 14.3. The van der Waals surface area contributed by atoms with Crippen molar-refractivity contribution in [2.24, 2.45) is 11.7 Å². The van der Waals surface area contributed by atoms with Crippen LogP contribution in [0.15, 0.2) is 12.1 Å². The van der Waals surface area contributed by atoms with Gasteiger partial charge in [0.25, 0.3) is 0 Å². The Hall–Kier alpha value is -1.97. The predicted octanol–water partition coefficient (Wildman–Crippen LogP) is 1.44. The third-order valence-corrected chi connectivity index (χ3v) is 5.43. The monoisotopic (exact) mass is 426 g/mol. The summed E-state index contributed by atoms with van der Waals surface area (Å²) in [5.74, 6) is 1.13. The Kier molecular flexibility index (Phi) is 12.3. The first kappa shape index (κ1) is 26.1. The smallest absolute Gasteiger partial charge is 0.451 e. The zero-order valence-electron chi connectivity index (χ0n) is 17.7. The van der Waals surface area contributed by atoms with Crippen LogP contribution in [0.5, 0.6) is 11.5 Å². The molecule has 0 amide bonds. The van der Waals surface area contributed by atoms with Gasteiger partial charge < -0.3 is 25.3 Å². The van der Waals surface area contributed by atoms with Crippen molar-refractivity contribution in [3.8, 4) is 11.5 Å². The summed E-state index contributed by atoms with van der Waals surface area (Å²) in [6, 6.07) is 3.22. The molecule has 2 rings (SSSR count). The molecule has 1 aliphatic heterocycles. The first-order valence-electron chi connectivity index (χ1n) is 10.1. The minimum atomic E-state index is -1.22. The molecule has 0 radical (unpaired) electrons. The standard InChI is InChI=1S/C19H32BFN2O4.CO2/c1-26-18-11-15(16(21)12-19(18)27-2)13-23-9-6-14(7-10-23)17(22)5-3-4-8-20(24)25;2-1-3/h11-12,14,17,24-25H,3-10,13,22H2,1-2H3;. The van der Waals surface area contributed by atoms with E-state index in [2.05, 4.69) is 4.90 Å². The van der Waals surface area contributed by atoms with Crippen LogP contribution in [0.3, 0.4) is 0 Å². The molecular formula is C20H32BFN2O6. The van der Waals surface area contributed by atoms with Gasteiger partial charge in [0.05, 0.1) is 14.2 Å². The number of ether oxygens (including phenoxy) is 2. The Morgan fingerprint density at radius 1 is 1.20 bits per heavy atom. The predicted molar refractivity (Wildman–Crippen MR) is 109 cm³/mol. The van der Waals surface area contributed by atoms with Crippen LogP contribution in [0.4, 0.5) is 4.39 Å². The molecule has 0 saturated carbocycles. The van der Waals surface area contributed by atoms with E-state index in [0.717, 1.165) is 45.2 Å². The molecule has 1 heterocycles. The molecule has 0 aliphatic carbocycles. The van der Waals surface area contributed by atoms with E-state index in [0.29, 0.717) is 35.8 Å². The molecule has 1 saturated heterocycles. The lowest BCUT2D eigenvalue weighted by molar-refractivity contribution is -0.191. The molecular weight excluding hydrogens is 394 g/mol. The van der Waals surface area contributed by atoms with Gasteiger partial charge in [0.1, 0.15) is 5.82 Å². The van der Waals surface area contributed by atoms with Crippen molar-refractivity contribution in [1.82, 2.24) is 4.90 Å². The number of nitrogens with zero attached hydrogens (tertiary/aromatic N) is 1. The number of piperidine rings is 1. The molecule has 1 aromatic carbocycles. The number of likely N-dealkylation sites (tertiary alicyclic amines) is 1. The summed E-state index contributed by atoms with van der Waals surface area (Å²) >= 11 is 0. The minimum absolute atomic E-state index is 0.140. The van der Waals surface area contributed by atoms with Crippen LogP contribution in [-0.4, -0.2) is 61.6 Å². The van der Waals surface area contributed by atoms with Crippen LogP contribution in [0.25, 0.3) is 0 Å². The van der Waals surface area contributed by atoms with Gasteiger partial charge >= 0.3 is 13.3 Å². The molecule has 8 nitrogen and oxygen atoms in total. The van der Waals surface area contributed by atoms with Gasteiger partial charge in [-0.1, -0.05) is 12.8 Å². The summed E-state index contributed by atoms with van der Waals surface area (Å²) in [7, 11) is 1.83. The molecule has 4 N–H and O–H groups in total. The highest BCUT2D eigenvalue weighted by atomic mass is 19.1. The van der Waals surface area contributed by atoms with Gasteiger partial charge in [0, 0.05) is 24.2 Å². The molecule has 1 atom stereocenters. The lowest BCUT2D eigenvalue weighted by Gasteiger charge is -2.35. The Bertz CT molecular complexity index is 665. The maximum Gasteiger partial charge on any atom is 0.451 e. The van der Waals surface area contributed by atoms with Crippen molar-refractivity contribution in [3.05, 3.63) is 23.5 Å². The summed E-state index contributed by atoms with van der Waals surface area (Å²) in [6.45, 7) is 2.32. The molecule has 1 fully saturated rings. The van der Waals surface area contributed by atoms with E-state index in [9.17, 15) is 4.39 Å². The third kappa shape index (κ3) is 8.81. The normalized spacial score (nSPS) is 15.5. The number of halogens is 1. The van der Waals surface area contributed by atoms with Crippen LogP contribution in [0.1, 0.15) is 37.7 Å². The van der Waals surface area contributed by atoms with Gasteiger partial charge in [-0.3, -0.25) is 4.90 Å². The van der Waals surface area contributed by atoms with Crippen molar-refractivity contribution in [3.63, 3.8) is 0 Å². The second-order valence-electron chi connectivity index (χ2n) is 7.42. The van der Waals surface area contributed by atoms with E-state index in [-0.39, 0.29) is 18.0 Å². The summed E-state index contributed by atoms with van der Waals surface area (Å²) in [5.41, 5.74) is 6.93. The maximum absolute atomic E-state index is 14.3. The summed E-state index contributed by atoms with van der Waals surface area (Å²) in [4.78, 5) is 18.5. The number of carbonyl (C=O) groups excluding carboxylic acids is 2. The lowest BCUT2D eigenvalue weighted by atomic mass is 9.82. The zero-order chi connectivity index (χ0) is 22.5. The van der Waals surface area contributed by atoms with Crippen molar-refractivity contribution in [1.29, 1.82) is 0 Å². The Balaban J connectivity index is 0.00000141. The second-order valence-corrected chi connectivity index (χ2v) is 7.42. The number of benzene rings is 1. The summed E-state index contributed by atoms with van der Waals surface area (Å²) in [5, 5.41) is 17.8. The lowest BCUT2D eigenvalue weighted by Crippen LogP contribution is -2.40. The van der Waals surface area contributed by atoms with E-state index >= 15 is 0 Å². The van der Waals surface area contributed by atoms with Crippen LogP contribution in [-0.2, 0) is 16.1 Å². The van der Waals surface area contributed by atoms with E-state index in [1.165, 1.54) is 13.2 Å². The van der Waals surface area contributed by atoms with Gasteiger partial charge in [-0.25, -0.2) is 4.39 Å². The second kappa shape index (κ2) is 14.1.